The second-order valence-electron chi connectivity index (χ2n) is 7.06. The van der Waals surface area contributed by atoms with Crippen LogP contribution in [0.1, 0.15) is 62.7 Å². The standard InChI is InChI=1S/C19H26O2/c1-13(2)14-3-5-15(6-4-14)19(20)16-7-9-17(10-8-16)21-18-11-12-18/h7-10,13-15,18H,3-6,11-12H2,1-2H3. The minimum Gasteiger partial charge on any atom is -0.490 e. The fraction of sp³-hybridized carbons (Fsp3) is 0.632. The SMILES string of the molecule is CC(C)C1CCC(C(=O)c2ccc(OC3CC3)cc2)CC1. The number of carbonyl (C=O) groups is 1. The summed E-state index contributed by atoms with van der Waals surface area (Å²) in [6, 6.07) is 7.78. The summed E-state index contributed by atoms with van der Waals surface area (Å²) in [6.45, 7) is 4.59. The van der Waals surface area contributed by atoms with Crippen LogP contribution in [0, 0.1) is 17.8 Å². The topological polar surface area (TPSA) is 26.3 Å². The Balaban J connectivity index is 1.57. The van der Waals surface area contributed by atoms with Crippen molar-refractivity contribution in [2.24, 2.45) is 17.8 Å². The molecule has 0 amide bonds. The lowest BCUT2D eigenvalue weighted by molar-refractivity contribution is 0.0859. The summed E-state index contributed by atoms with van der Waals surface area (Å²) in [5, 5.41) is 0. The van der Waals surface area contributed by atoms with E-state index in [0.29, 0.717) is 11.9 Å². The van der Waals surface area contributed by atoms with Gasteiger partial charge in [-0.1, -0.05) is 13.8 Å². The summed E-state index contributed by atoms with van der Waals surface area (Å²) in [5.41, 5.74) is 0.853. The first-order valence-corrected chi connectivity index (χ1v) is 8.44. The predicted molar refractivity (Wildman–Crippen MR) is 84.7 cm³/mol. The fourth-order valence-corrected chi connectivity index (χ4v) is 3.36. The second-order valence-corrected chi connectivity index (χ2v) is 7.06. The molecule has 0 unspecified atom stereocenters. The van der Waals surface area contributed by atoms with E-state index in [-0.39, 0.29) is 5.92 Å². The van der Waals surface area contributed by atoms with E-state index >= 15 is 0 Å². The van der Waals surface area contributed by atoms with Gasteiger partial charge < -0.3 is 4.74 Å². The van der Waals surface area contributed by atoms with Crippen LogP contribution in [0.5, 0.6) is 5.75 Å². The van der Waals surface area contributed by atoms with Gasteiger partial charge in [0.2, 0.25) is 0 Å². The van der Waals surface area contributed by atoms with Crippen LogP contribution in [0.4, 0.5) is 0 Å². The van der Waals surface area contributed by atoms with E-state index < -0.39 is 0 Å². The van der Waals surface area contributed by atoms with Crippen LogP contribution in [0.15, 0.2) is 24.3 Å². The molecule has 2 saturated carbocycles. The highest BCUT2D eigenvalue weighted by Gasteiger charge is 2.28. The summed E-state index contributed by atoms with van der Waals surface area (Å²) in [7, 11) is 0. The van der Waals surface area contributed by atoms with Crippen molar-refractivity contribution < 1.29 is 9.53 Å². The Morgan fingerprint density at radius 2 is 1.62 bits per heavy atom. The molecule has 3 rings (SSSR count). The number of carbonyl (C=O) groups excluding carboxylic acids is 1. The fourth-order valence-electron chi connectivity index (χ4n) is 3.36. The quantitative estimate of drug-likeness (QED) is 0.722. The summed E-state index contributed by atoms with van der Waals surface area (Å²) in [4.78, 5) is 12.6. The Bertz CT molecular complexity index is 477. The molecular formula is C19H26O2. The highest BCUT2D eigenvalue weighted by molar-refractivity contribution is 5.98. The summed E-state index contributed by atoms with van der Waals surface area (Å²) in [6.07, 6.45) is 7.27. The third kappa shape index (κ3) is 3.66. The van der Waals surface area contributed by atoms with Gasteiger partial charge in [-0.15, -0.1) is 0 Å². The Kier molecular flexibility index (Phi) is 4.32. The van der Waals surface area contributed by atoms with Gasteiger partial charge >= 0.3 is 0 Å². The summed E-state index contributed by atoms with van der Waals surface area (Å²) in [5.74, 6) is 3.02. The molecule has 2 aliphatic rings. The van der Waals surface area contributed by atoms with E-state index in [1.165, 1.54) is 25.7 Å². The molecule has 1 aromatic rings. The van der Waals surface area contributed by atoms with E-state index in [0.717, 1.165) is 36.0 Å². The number of rotatable bonds is 5. The number of Topliss-reactive ketones (excluding diaryl/α,β-unsaturated/α-hetero) is 1. The van der Waals surface area contributed by atoms with E-state index in [4.69, 9.17) is 4.74 Å². The monoisotopic (exact) mass is 286 g/mol. The zero-order valence-electron chi connectivity index (χ0n) is 13.2. The zero-order chi connectivity index (χ0) is 14.8. The van der Waals surface area contributed by atoms with Crippen molar-refractivity contribution in [2.75, 3.05) is 0 Å². The minimum absolute atomic E-state index is 0.232. The molecule has 2 heteroatoms. The van der Waals surface area contributed by atoms with Crippen LogP contribution >= 0.6 is 0 Å². The van der Waals surface area contributed by atoms with Gasteiger partial charge in [0.05, 0.1) is 6.10 Å². The molecule has 0 aliphatic heterocycles. The number of ketones is 1. The molecule has 0 aromatic heterocycles. The van der Waals surface area contributed by atoms with Crippen LogP contribution in [0.25, 0.3) is 0 Å². The predicted octanol–water partition coefficient (Wildman–Crippen LogP) is 4.87. The Hall–Kier alpha value is -1.31. The maximum absolute atomic E-state index is 12.6. The van der Waals surface area contributed by atoms with E-state index in [1.54, 1.807) is 0 Å². The summed E-state index contributed by atoms with van der Waals surface area (Å²) < 4.78 is 5.73. The number of ether oxygens (including phenoxy) is 1. The molecule has 2 fully saturated rings. The van der Waals surface area contributed by atoms with Gasteiger partial charge in [-0.2, -0.15) is 0 Å². The minimum atomic E-state index is 0.232. The molecule has 0 N–H and O–H groups in total. The van der Waals surface area contributed by atoms with Crippen LogP contribution in [0.2, 0.25) is 0 Å². The molecule has 0 bridgehead atoms. The van der Waals surface area contributed by atoms with Crippen molar-refractivity contribution in [3.8, 4) is 5.75 Å². The van der Waals surface area contributed by atoms with Gasteiger partial charge in [0, 0.05) is 11.5 Å². The molecule has 2 aliphatic carbocycles. The van der Waals surface area contributed by atoms with Gasteiger partial charge in [-0.25, -0.2) is 0 Å². The summed E-state index contributed by atoms with van der Waals surface area (Å²) >= 11 is 0. The van der Waals surface area contributed by atoms with Gasteiger partial charge in [0.15, 0.2) is 5.78 Å². The number of hydrogen-bond donors (Lipinski definition) is 0. The lowest BCUT2D eigenvalue weighted by Crippen LogP contribution is -2.24. The van der Waals surface area contributed by atoms with Crippen LogP contribution in [-0.2, 0) is 0 Å². The molecule has 0 radical (unpaired) electrons. The zero-order valence-corrected chi connectivity index (χ0v) is 13.2. The molecule has 1 aromatic carbocycles. The van der Waals surface area contributed by atoms with E-state index in [9.17, 15) is 4.79 Å². The largest absolute Gasteiger partial charge is 0.490 e. The lowest BCUT2D eigenvalue weighted by atomic mass is 9.75. The smallest absolute Gasteiger partial charge is 0.165 e. The highest BCUT2D eigenvalue weighted by Crippen LogP contribution is 2.35. The first-order valence-electron chi connectivity index (χ1n) is 8.44. The average Bonchev–Trinajstić information content (AvgIpc) is 3.31. The lowest BCUT2D eigenvalue weighted by Gasteiger charge is -2.30. The van der Waals surface area contributed by atoms with Crippen molar-refractivity contribution in [3.05, 3.63) is 29.8 Å². The van der Waals surface area contributed by atoms with Crippen molar-refractivity contribution in [3.63, 3.8) is 0 Å². The molecule has 21 heavy (non-hydrogen) atoms. The second kappa shape index (κ2) is 6.21. The Morgan fingerprint density at radius 3 is 2.14 bits per heavy atom. The first kappa shape index (κ1) is 14.6. The van der Waals surface area contributed by atoms with Crippen LogP contribution < -0.4 is 4.74 Å². The maximum atomic E-state index is 12.6. The number of benzene rings is 1. The molecule has 0 heterocycles. The van der Waals surface area contributed by atoms with E-state index in [2.05, 4.69) is 13.8 Å². The van der Waals surface area contributed by atoms with Gasteiger partial charge in [-0.3, -0.25) is 4.79 Å². The van der Waals surface area contributed by atoms with Crippen LogP contribution in [-0.4, -0.2) is 11.9 Å². The van der Waals surface area contributed by atoms with Gasteiger partial charge in [0.25, 0.3) is 0 Å². The number of hydrogen-bond acceptors (Lipinski definition) is 2. The molecule has 114 valence electrons. The highest BCUT2D eigenvalue weighted by atomic mass is 16.5. The van der Waals surface area contributed by atoms with Gasteiger partial charge in [-0.05, 0) is 74.6 Å². The molecule has 0 atom stereocenters. The van der Waals surface area contributed by atoms with Crippen molar-refractivity contribution in [1.29, 1.82) is 0 Å². The average molecular weight is 286 g/mol. The van der Waals surface area contributed by atoms with E-state index in [1.807, 2.05) is 24.3 Å². The first-order chi connectivity index (χ1) is 10.1. The Labute approximate surface area is 127 Å². The Morgan fingerprint density at radius 1 is 1.00 bits per heavy atom. The van der Waals surface area contributed by atoms with Crippen molar-refractivity contribution in [1.82, 2.24) is 0 Å². The van der Waals surface area contributed by atoms with Crippen LogP contribution in [0.3, 0.4) is 0 Å². The molecular weight excluding hydrogens is 260 g/mol. The maximum Gasteiger partial charge on any atom is 0.165 e. The molecule has 0 saturated heterocycles. The third-order valence-corrected chi connectivity index (χ3v) is 5.05. The molecule has 0 spiro atoms. The normalized spacial score (nSPS) is 25.9. The molecule has 2 nitrogen and oxygen atoms in total. The van der Waals surface area contributed by atoms with Crippen molar-refractivity contribution in [2.45, 2.75) is 58.5 Å². The van der Waals surface area contributed by atoms with Gasteiger partial charge in [0.1, 0.15) is 5.75 Å². The third-order valence-electron chi connectivity index (χ3n) is 5.05. The van der Waals surface area contributed by atoms with Crippen molar-refractivity contribution >= 4 is 5.78 Å².